The summed E-state index contributed by atoms with van der Waals surface area (Å²) in [5, 5.41) is 0. The second-order valence-electron chi connectivity index (χ2n) is 10.8. The van der Waals surface area contributed by atoms with Gasteiger partial charge >= 0.3 is 16.2 Å². The Labute approximate surface area is 247 Å². The number of nitrogens with two attached hydrogens (primary N) is 1. The molecule has 3 aromatic rings. The zero-order valence-electron chi connectivity index (χ0n) is 25.9. The van der Waals surface area contributed by atoms with Crippen molar-refractivity contribution < 1.29 is 13.2 Å². The van der Waals surface area contributed by atoms with Crippen LogP contribution in [-0.4, -0.2) is 37.9 Å². The van der Waals surface area contributed by atoms with Gasteiger partial charge in [-0.25, -0.2) is 9.52 Å². The Hall–Kier alpha value is -3.20. The van der Waals surface area contributed by atoms with Crippen LogP contribution >= 0.6 is 0 Å². The van der Waals surface area contributed by atoms with Crippen LogP contribution in [0, 0.1) is 0 Å². The van der Waals surface area contributed by atoms with Gasteiger partial charge in [0.2, 0.25) is 0 Å². The molecule has 0 radical (unpaired) electrons. The molecule has 3 rings (SSSR count). The SMILES string of the molecule is CCN.CCN(Cc1ccccc1)S(=O)(=O)NC(=O)N(c1c(C(C)C)ccc(-c2ccccc2)c1C(C)C)C(C)C. The van der Waals surface area contributed by atoms with Crippen LogP contribution < -0.4 is 15.4 Å². The van der Waals surface area contributed by atoms with E-state index in [1.807, 2.05) is 69.3 Å². The van der Waals surface area contributed by atoms with Gasteiger partial charge in [-0.05, 0) is 60.0 Å². The lowest BCUT2D eigenvalue weighted by Crippen LogP contribution is -2.51. The van der Waals surface area contributed by atoms with Crippen molar-refractivity contribution in [3.8, 4) is 11.1 Å². The summed E-state index contributed by atoms with van der Waals surface area (Å²) < 4.78 is 30.5. The van der Waals surface area contributed by atoms with E-state index in [0.29, 0.717) is 0 Å². The van der Waals surface area contributed by atoms with Gasteiger partial charge in [-0.1, -0.05) is 114 Å². The van der Waals surface area contributed by atoms with E-state index in [1.165, 1.54) is 4.31 Å². The highest BCUT2D eigenvalue weighted by Crippen LogP contribution is 2.42. The maximum absolute atomic E-state index is 13.9. The highest BCUT2D eigenvalue weighted by molar-refractivity contribution is 7.87. The van der Waals surface area contributed by atoms with Crippen LogP contribution in [0.15, 0.2) is 72.8 Å². The molecule has 0 bridgehead atoms. The minimum absolute atomic E-state index is 0.0924. The Balaban J connectivity index is 0.00000187. The van der Waals surface area contributed by atoms with Crippen LogP contribution in [-0.2, 0) is 16.8 Å². The van der Waals surface area contributed by atoms with E-state index in [1.54, 1.807) is 11.8 Å². The Morgan fingerprint density at radius 1 is 0.829 bits per heavy atom. The third-order valence-corrected chi connectivity index (χ3v) is 8.12. The van der Waals surface area contributed by atoms with Gasteiger partial charge in [0, 0.05) is 19.1 Å². The molecule has 2 amide bonds. The summed E-state index contributed by atoms with van der Waals surface area (Å²) >= 11 is 0. The normalized spacial score (nSPS) is 11.5. The van der Waals surface area contributed by atoms with E-state index in [4.69, 9.17) is 5.73 Å². The summed E-state index contributed by atoms with van der Waals surface area (Å²) in [6.45, 7) is 17.1. The monoisotopic (exact) mass is 580 g/mol. The number of benzene rings is 3. The molecule has 3 N–H and O–H groups in total. The molecule has 0 saturated heterocycles. The predicted molar refractivity (Wildman–Crippen MR) is 172 cm³/mol. The van der Waals surface area contributed by atoms with E-state index in [0.717, 1.165) is 40.0 Å². The number of nitrogens with one attached hydrogen (secondary N) is 1. The minimum atomic E-state index is -4.09. The first-order chi connectivity index (χ1) is 19.4. The number of rotatable bonds is 10. The second kappa shape index (κ2) is 15.7. The van der Waals surface area contributed by atoms with Crippen molar-refractivity contribution in [3.05, 3.63) is 89.5 Å². The summed E-state index contributed by atoms with van der Waals surface area (Å²) in [4.78, 5) is 15.5. The first-order valence-electron chi connectivity index (χ1n) is 14.5. The number of anilines is 1. The Morgan fingerprint density at radius 3 is 1.83 bits per heavy atom. The maximum Gasteiger partial charge on any atom is 0.336 e. The van der Waals surface area contributed by atoms with Gasteiger partial charge in [-0.3, -0.25) is 4.90 Å². The molecular formula is C33H48N4O3S. The van der Waals surface area contributed by atoms with Crippen molar-refractivity contribution in [2.45, 2.75) is 79.8 Å². The second-order valence-corrected chi connectivity index (χ2v) is 12.5. The lowest BCUT2D eigenvalue weighted by Gasteiger charge is -2.34. The first-order valence-corrected chi connectivity index (χ1v) is 15.9. The molecule has 0 unspecified atom stereocenters. The third kappa shape index (κ3) is 8.89. The fourth-order valence-electron chi connectivity index (χ4n) is 4.79. The molecule has 41 heavy (non-hydrogen) atoms. The molecule has 224 valence electrons. The molecule has 0 fully saturated rings. The quantitative estimate of drug-likeness (QED) is 0.264. The standard InChI is InChI=1S/C31H41N3O3S.C2H7N/c1-8-33(21-25-15-11-9-12-16-25)38(36,37)32-31(35)34(24(6)7)30-27(22(2)3)19-20-28(29(30)23(4)5)26-17-13-10-14-18-26;1-2-3/h9-20,22-24H,8,21H2,1-7H3,(H,32,35);2-3H2,1H3. The lowest BCUT2D eigenvalue weighted by atomic mass is 9.85. The Morgan fingerprint density at radius 2 is 1.37 bits per heavy atom. The van der Waals surface area contributed by atoms with Crippen LogP contribution in [0.3, 0.4) is 0 Å². The summed E-state index contributed by atoms with van der Waals surface area (Å²) in [5.74, 6) is 0.220. The largest absolute Gasteiger partial charge is 0.336 e. The van der Waals surface area contributed by atoms with Crippen LogP contribution in [0.2, 0.25) is 0 Å². The minimum Gasteiger partial charge on any atom is -0.331 e. The number of carbonyl (C=O) groups excluding carboxylic acids is 1. The molecular weight excluding hydrogens is 532 g/mol. The molecule has 8 heteroatoms. The van der Waals surface area contributed by atoms with Gasteiger partial charge in [0.15, 0.2) is 0 Å². The average molecular weight is 581 g/mol. The van der Waals surface area contributed by atoms with Crippen LogP contribution in [0.25, 0.3) is 11.1 Å². The molecule has 0 heterocycles. The molecule has 0 atom stereocenters. The molecule has 0 aliphatic rings. The van der Waals surface area contributed by atoms with E-state index in [-0.39, 0.29) is 31.0 Å². The van der Waals surface area contributed by atoms with Crippen molar-refractivity contribution in [1.82, 2.24) is 9.03 Å². The molecule has 0 saturated carbocycles. The maximum atomic E-state index is 13.9. The van der Waals surface area contributed by atoms with Crippen molar-refractivity contribution in [2.24, 2.45) is 5.73 Å². The van der Waals surface area contributed by atoms with E-state index in [9.17, 15) is 13.2 Å². The van der Waals surface area contributed by atoms with Gasteiger partial charge < -0.3 is 5.73 Å². The van der Waals surface area contributed by atoms with Crippen LogP contribution in [0.4, 0.5) is 10.5 Å². The number of amides is 2. The molecule has 0 spiro atoms. The van der Waals surface area contributed by atoms with Crippen LogP contribution in [0.1, 0.15) is 83.9 Å². The molecule has 0 aromatic heterocycles. The first kappa shape index (κ1) is 34.0. The number of nitrogens with zero attached hydrogens (tertiary/aromatic N) is 2. The highest BCUT2D eigenvalue weighted by Gasteiger charge is 2.32. The van der Waals surface area contributed by atoms with Gasteiger partial charge in [0.05, 0.1) is 5.69 Å². The van der Waals surface area contributed by atoms with Gasteiger partial charge in [0.25, 0.3) is 0 Å². The van der Waals surface area contributed by atoms with Crippen molar-refractivity contribution in [3.63, 3.8) is 0 Å². The average Bonchev–Trinajstić information content (AvgIpc) is 2.92. The van der Waals surface area contributed by atoms with E-state index >= 15 is 0 Å². The van der Waals surface area contributed by atoms with Crippen molar-refractivity contribution in [1.29, 1.82) is 0 Å². The fraction of sp³-hybridized carbons (Fsp3) is 0.424. The summed E-state index contributed by atoms with van der Waals surface area (Å²) in [5.41, 5.74) is 10.6. The van der Waals surface area contributed by atoms with Crippen molar-refractivity contribution in [2.75, 3.05) is 18.0 Å². The van der Waals surface area contributed by atoms with Gasteiger partial charge in [0.1, 0.15) is 0 Å². The number of hydrogen-bond acceptors (Lipinski definition) is 4. The van der Waals surface area contributed by atoms with Crippen LogP contribution in [0.5, 0.6) is 0 Å². The highest BCUT2D eigenvalue weighted by atomic mass is 32.2. The Kier molecular flexibility index (Phi) is 13.0. The smallest absolute Gasteiger partial charge is 0.331 e. The Bertz CT molecular complexity index is 1340. The van der Waals surface area contributed by atoms with E-state index < -0.39 is 16.2 Å². The summed E-state index contributed by atoms with van der Waals surface area (Å²) in [7, 11) is -4.09. The topological polar surface area (TPSA) is 95.7 Å². The molecule has 0 aliphatic carbocycles. The van der Waals surface area contributed by atoms with Gasteiger partial charge in [-0.2, -0.15) is 12.7 Å². The summed E-state index contributed by atoms with van der Waals surface area (Å²) in [6, 6.07) is 22.7. The zero-order valence-corrected chi connectivity index (χ0v) is 26.7. The fourth-order valence-corrected chi connectivity index (χ4v) is 5.89. The molecule has 0 aliphatic heterocycles. The number of carbonyl (C=O) groups is 1. The third-order valence-electron chi connectivity index (χ3n) is 6.62. The molecule has 7 nitrogen and oxygen atoms in total. The van der Waals surface area contributed by atoms with Gasteiger partial charge in [-0.15, -0.1) is 0 Å². The molecule has 3 aromatic carbocycles. The van der Waals surface area contributed by atoms with E-state index in [2.05, 4.69) is 56.7 Å². The van der Waals surface area contributed by atoms with Crippen molar-refractivity contribution >= 4 is 21.9 Å². The lowest BCUT2D eigenvalue weighted by molar-refractivity contribution is 0.248. The number of urea groups is 1. The summed E-state index contributed by atoms with van der Waals surface area (Å²) in [6.07, 6.45) is 0. The predicted octanol–water partition coefficient (Wildman–Crippen LogP) is 7.26. The number of hydrogen-bond donors (Lipinski definition) is 2. The zero-order chi connectivity index (χ0) is 30.7.